The quantitative estimate of drug-likeness (QED) is 0.192. The maximum absolute atomic E-state index is 13.9. The Bertz CT molecular complexity index is 1790. The van der Waals surface area contributed by atoms with Crippen molar-refractivity contribution in [2.24, 2.45) is 5.10 Å². The van der Waals surface area contributed by atoms with E-state index >= 15 is 0 Å². The lowest BCUT2D eigenvalue weighted by Crippen LogP contribution is -2.21. The third kappa shape index (κ3) is 5.09. The zero-order valence-electron chi connectivity index (χ0n) is 23.9. The van der Waals surface area contributed by atoms with Gasteiger partial charge in [-0.05, 0) is 78.4 Å². The second kappa shape index (κ2) is 11.3. The summed E-state index contributed by atoms with van der Waals surface area (Å²) in [7, 11) is 1.68. The van der Waals surface area contributed by atoms with E-state index in [2.05, 4.69) is 32.9 Å². The fourth-order valence-corrected chi connectivity index (χ4v) is 4.90. The molecule has 0 N–H and O–H groups in total. The van der Waals surface area contributed by atoms with Gasteiger partial charge in [-0.15, -0.1) is 0 Å². The second-order valence-corrected chi connectivity index (χ2v) is 10.4. The average Bonchev–Trinajstić information content (AvgIpc) is 2.96. The van der Waals surface area contributed by atoms with E-state index in [4.69, 9.17) is 19.6 Å². The number of rotatable bonds is 8. The van der Waals surface area contributed by atoms with Crippen LogP contribution in [0, 0.1) is 6.92 Å². The molecule has 4 aromatic carbocycles. The molecule has 40 heavy (non-hydrogen) atoms. The minimum absolute atomic E-state index is 0.0327. The summed E-state index contributed by atoms with van der Waals surface area (Å²) in [5.41, 5.74) is 4.03. The summed E-state index contributed by atoms with van der Waals surface area (Å²) in [6.07, 6.45) is 2.63. The summed E-state index contributed by atoms with van der Waals surface area (Å²) in [4.78, 5) is 18.9. The lowest BCUT2D eigenvalue weighted by Gasteiger charge is -2.18. The average molecular weight is 534 g/mol. The van der Waals surface area contributed by atoms with Crippen LogP contribution >= 0.6 is 0 Å². The highest BCUT2D eigenvalue weighted by Gasteiger charge is 2.19. The Morgan fingerprint density at radius 3 is 2.40 bits per heavy atom. The van der Waals surface area contributed by atoms with Gasteiger partial charge in [0.25, 0.3) is 5.56 Å². The number of fused-ring (bicyclic) bond motifs is 2. The van der Waals surface area contributed by atoms with Gasteiger partial charge in [0.15, 0.2) is 5.82 Å². The lowest BCUT2D eigenvalue weighted by molar-refractivity contribution is 0.217. The van der Waals surface area contributed by atoms with E-state index in [1.54, 1.807) is 19.4 Å². The van der Waals surface area contributed by atoms with Crippen LogP contribution in [-0.4, -0.2) is 29.1 Å². The third-order valence-electron chi connectivity index (χ3n) is 7.33. The van der Waals surface area contributed by atoms with Gasteiger partial charge in [0.1, 0.15) is 11.5 Å². The van der Waals surface area contributed by atoms with Crippen LogP contribution in [0.15, 0.2) is 82.7 Å². The zero-order chi connectivity index (χ0) is 28.4. The first-order valence-corrected chi connectivity index (χ1v) is 13.8. The summed E-state index contributed by atoms with van der Waals surface area (Å²) in [6.45, 7) is 10.4. The van der Waals surface area contributed by atoms with Crippen LogP contribution in [0.2, 0.25) is 0 Å². The first kappa shape index (κ1) is 27.1. The van der Waals surface area contributed by atoms with Crippen LogP contribution in [0.5, 0.6) is 11.5 Å². The highest BCUT2D eigenvalue weighted by atomic mass is 16.5. The molecule has 0 aliphatic rings. The van der Waals surface area contributed by atoms with E-state index in [9.17, 15) is 4.79 Å². The highest BCUT2D eigenvalue weighted by molar-refractivity contribution is 6.02. The molecule has 0 amide bonds. The number of para-hydroxylation sites is 1. The van der Waals surface area contributed by atoms with Crippen molar-refractivity contribution in [2.45, 2.75) is 53.1 Å². The van der Waals surface area contributed by atoms with Gasteiger partial charge in [-0.3, -0.25) is 4.79 Å². The Balaban J connectivity index is 1.78. The van der Waals surface area contributed by atoms with E-state index in [0.717, 1.165) is 50.9 Å². The van der Waals surface area contributed by atoms with Crippen molar-refractivity contribution in [3.63, 3.8) is 0 Å². The lowest BCUT2D eigenvalue weighted by atomic mass is 9.96. The molecule has 1 heterocycles. The SMILES string of the molecule is CC[C@H](C)Oc1ccc2ccccc2c1C=Nn1c(-c2cc(C(C)C)c(OC)cc2C)nc2ccccc2c1=O. The number of benzene rings is 4. The molecule has 6 heteroatoms. The molecule has 5 aromatic rings. The van der Waals surface area contributed by atoms with Gasteiger partial charge in [-0.25, -0.2) is 4.98 Å². The Kier molecular flexibility index (Phi) is 7.69. The molecule has 0 spiro atoms. The topological polar surface area (TPSA) is 65.7 Å². The van der Waals surface area contributed by atoms with Gasteiger partial charge >= 0.3 is 0 Å². The Morgan fingerprint density at radius 2 is 1.68 bits per heavy atom. The van der Waals surface area contributed by atoms with Gasteiger partial charge in [0, 0.05) is 11.1 Å². The third-order valence-corrected chi connectivity index (χ3v) is 7.33. The minimum atomic E-state index is -0.234. The van der Waals surface area contributed by atoms with Crippen LogP contribution in [0.3, 0.4) is 0 Å². The Hall–Kier alpha value is -4.45. The Labute approximate surface area is 234 Å². The molecule has 0 saturated heterocycles. The largest absolute Gasteiger partial charge is 0.496 e. The fourth-order valence-electron chi connectivity index (χ4n) is 4.90. The van der Waals surface area contributed by atoms with Gasteiger partial charge in [-0.2, -0.15) is 9.78 Å². The van der Waals surface area contributed by atoms with Crippen LogP contribution in [0.25, 0.3) is 33.1 Å². The molecule has 0 aliphatic heterocycles. The van der Waals surface area contributed by atoms with Gasteiger partial charge < -0.3 is 9.47 Å². The predicted molar refractivity (Wildman–Crippen MR) is 164 cm³/mol. The molecule has 204 valence electrons. The number of nitrogens with zero attached hydrogens (tertiary/aromatic N) is 3. The molecule has 0 fully saturated rings. The minimum Gasteiger partial charge on any atom is -0.496 e. The molecule has 1 atom stereocenters. The van der Waals surface area contributed by atoms with Crippen molar-refractivity contribution >= 4 is 27.9 Å². The van der Waals surface area contributed by atoms with Gasteiger partial charge in [-0.1, -0.05) is 63.2 Å². The van der Waals surface area contributed by atoms with E-state index in [1.807, 2.05) is 68.4 Å². The monoisotopic (exact) mass is 533 g/mol. The summed E-state index contributed by atoms with van der Waals surface area (Å²) in [6, 6.07) is 23.6. The number of hydrogen-bond acceptors (Lipinski definition) is 5. The van der Waals surface area contributed by atoms with Gasteiger partial charge in [0.05, 0.1) is 30.3 Å². The van der Waals surface area contributed by atoms with E-state index < -0.39 is 0 Å². The molecule has 0 unspecified atom stereocenters. The molecule has 0 radical (unpaired) electrons. The molecule has 0 saturated carbocycles. The summed E-state index contributed by atoms with van der Waals surface area (Å²) in [5.74, 6) is 2.24. The fraction of sp³-hybridized carbons (Fsp3) is 0.265. The maximum atomic E-state index is 13.9. The Morgan fingerprint density at radius 1 is 0.950 bits per heavy atom. The standard InChI is InChI=1S/C34H35N3O3/c1-7-23(5)40-31-17-16-24-12-8-9-13-25(24)29(31)20-35-37-33(36-30-15-11-10-14-26(30)34(37)38)28-19-27(21(2)3)32(39-6)18-22(28)4/h8-21,23H,7H2,1-6H3/t23-/m0/s1. The van der Waals surface area contributed by atoms with E-state index in [1.165, 1.54) is 4.68 Å². The number of aromatic nitrogens is 2. The number of hydrogen-bond donors (Lipinski definition) is 0. The molecule has 0 aliphatic carbocycles. The van der Waals surface area contributed by atoms with E-state index in [-0.39, 0.29) is 17.6 Å². The van der Waals surface area contributed by atoms with Crippen molar-refractivity contribution < 1.29 is 9.47 Å². The smallest absolute Gasteiger partial charge is 0.282 e. The molecule has 5 rings (SSSR count). The molecule has 1 aromatic heterocycles. The summed E-state index contributed by atoms with van der Waals surface area (Å²) >= 11 is 0. The van der Waals surface area contributed by atoms with Crippen molar-refractivity contribution in [1.82, 2.24) is 9.66 Å². The van der Waals surface area contributed by atoms with Gasteiger partial charge in [0.2, 0.25) is 0 Å². The van der Waals surface area contributed by atoms with Crippen molar-refractivity contribution in [3.05, 3.63) is 99.8 Å². The van der Waals surface area contributed by atoms with Crippen molar-refractivity contribution in [3.8, 4) is 22.9 Å². The summed E-state index contributed by atoms with van der Waals surface area (Å²) in [5, 5.41) is 7.38. The normalized spacial score (nSPS) is 12.5. The molecular formula is C34H35N3O3. The number of methoxy groups -OCH3 is 1. The first-order valence-electron chi connectivity index (χ1n) is 13.8. The van der Waals surface area contributed by atoms with Crippen LogP contribution in [-0.2, 0) is 0 Å². The van der Waals surface area contributed by atoms with Crippen molar-refractivity contribution in [1.29, 1.82) is 0 Å². The zero-order valence-corrected chi connectivity index (χ0v) is 23.9. The van der Waals surface area contributed by atoms with Crippen LogP contribution in [0.4, 0.5) is 0 Å². The summed E-state index contributed by atoms with van der Waals surface area (Å²) < 4.78 is 13.4. The van der Waals surface area contributed by atoms with Crippen LogP contribution < -0.4 is 15.0 Å². The molecule has 0 bridgehead atoms. The van der Waals surface area contributed by atoms with Crippen LogP contribution in [0.1, 0.15) is 56.7 Å². The molecule has 6 nitrogen and oxygen atoms in total. The highest BCUT2D eigenvalue weighted by Crippen LogP contribution is 2.34. The van der Waals surface area contributed by atoms with E-state index in [0.29, 0.717) is 16.7 Å². The maximum Gasteiger partial charge on any atom is 0.282 e. The second-order valence-electron chi connectivity index (χ2n) is 10.4. The first-order chi connectivity index (χ1) is 19.3. The van der Waals surface area contributed by atoms with Crippen molar-refractivity contribution in [2.75, 3.05) is 7.11 Å². The number of aryl methyl sites for hydroxylation is 1. The number of ether oxygens (including phenoxy) is 2. The predicted octanol–water partition coefficient (Wildman–Crippen LogP) is 7.72. The molecular weight excluding hydrogens is 498 g/mol.